The van der Waals surface area contributed by atoms with Gasteiger partial charge in [0, 0.05) is 12.1 Å². The number of nitrogens with zero attached hydrogens (tertiary/aromatic N) is 1. The molecule has 0 aliphatic carbocycles. The largest absolute Gasteiger partial charge is 0.350 e. The minimum Gasteiger partial charge on any atom is -0.350 e. The highest BCUT2D eigenvalue weighted by Crippen LogP contribution is 2.28. The molecular weight excluding hydrogens is 312 g/mol. The molecule has 6 heteroatoms. The van der Waals surface area contributed by atoms with Crippen molar-refractivity contribution in [3.8, 4) is 11.3 Å². The molecule has 1 amide bonds. The van der Waals surface area contributed by atoms with Crippen LogP contribution in [0.1, 0.15) is 30.3 Å². The Labute approximate surface area is 140 Å². The predicted molar refractivity (Wildman–Crippen MR) is 91.6 cm³/mol. The third-order valence-electron chi connectivity index (χ3n) is 4.46. The van der Waals surface area contributed by atoms with E-state index in [1.54, 1.807) is 6.07 Å². The third-order valence-corrected chi connectivity index (χ3v) is 4.79. The number of aromatic nitrogens is 2. The molecule has 1 aromatic carbocycles. The number of carbonyl (C=O) groups excluding carboxylic acids is 1. The number of hydrogen-bond acceptors (Lipinski definition) is 3. The maximum absolute atomic E-state index is 12.3. The highest BCUT2D eigenvalue weighted by molar-refractivity contribution is 6.33. The number of H-pyrrole nitrogens is 1. The van der Waals surface area contributed by atoms with Crippen LogP contribution in [0.5, 0.6) is 0 Å². The lowest BCUT2D eigenvalue weighted by atomic mass is 9.81. The Balaban J connectivity index is 1.66. The topological polar surface area (TPSA) is 69.8 Å². The number of carbonyl (C=O) groups is 1. The molecule has 0 unspecified atom stereocenters. The van der Waals surface area contributed by atoms with Gasteiger partial charge in [0.15, 0.2) is 0 Å². The van der Waals surface area contributed by atoms with Gasteiger partial charge in [0.05, 0.1) is 10.7 Å². The van der Waals surface area contributed by atoms with E-state index in [9.17, 15) is 4.79 Å². The van der Waals surface area contributed by atoms with Crippen molar-refractivity contribution >= 4 is 17.5 Å². The number of halogens is 1. The second-order valence-electron chi connectivity index (χ2n) is 6.39. The molecule has 0 bridgehead atoms. The summed E-state index contributed by atoms with van der Waals surface area (Å²) in [6.45, 7) is 4.91. The zero-order valence-electron chi connectivity index (χ0n) is 13.2. The molecule has 2 heterocycles. The summed E-state index contributed by atoms with van der Waals surface area (Å²) in [5, 5.41) is 14.0. The summed E-state index contributed by atoms with van der Waals surface area (Å²) in [5.41, 5.74) is 2.10. The lowest BCUT2D eigenvalue weighted by molar-refractivity contribution is 0.0917. The van der Waals surface area contributed by atoms with Gasteiger partial charge >= 0.3 is 0 Å². The average Bonchev–Trinajstić information content (AvgIpc) is 3.04. The first kappa shape index (κ1) is 16.0. The van der Waals surface area contributed by atoms with Gasteiger partial charge in [-0.15, -0.1) is 0 Å². The average molecular weight is 333 g/mol. The Morgan fingerprint density at radius 3 is 2.83 bits per heavy atom. The van der Waals surface area contributed by atoms with Gasteiger partial charge in [0.25, 0.3) is 5.91 Å². The standard InChI is InChI=1S/C17H21ClN4O/c1-17(6-8-19-9-7-17)11-20-16(23)15-10-14(21-22-15)12-4-2-3-5-13(12)18/h2-5,10,19H,6-9,11H2,1H3,(H,20,23)(H,21,22). The molecule has 0 saturated carbocycles. The van der Waals surface area contributed by atoms with Crippen LogP contribution in [-0.4, -0.2) is 35.7 Å². The number of nitrogens with one attached hydrogen (secondary N) is 3. The van der Waals surface area contributed by atoms with E-state index in [4.69, 9.17) is 11.6 Å². The maximum Gasteiger partial charge on any atom is 0.269 e. The van der Waals surface area contributed by atoms with E-state index in [0.29, 0.717) is 23.0 Å². The Morgan fingerprint density at radius 1 is 1.35 bits per heavy atom. The van der Waals surface area contributed by atoms with Crippen LogP contribution in [-0.2, 0) is 0 Å². The molecule has 5 nitrogen and oxygen atoms in total. The van der Waals surface area contributed by atoms with Crippen LogP contribution < -0.4 is 10.6 Å². The van der Waals surface area contributed by atoms with Crippen molar-refractivity contribution in [2.45, 2.75) is 19.8 Å². The summed E-state index contributed by atoms with van der Waals surface area (Å²) < 4.78 is 0. The fraction of sp³-hybridized carbons (Fsp3) is 0.412. The Bertz CT molecular complexity index is 691. The first-order chi connectivity index (χ1) is 11.1. The molecule has 1 aliphatic rings. The van der Waals surface area contributed by atoms with E-state index >= 15 is 0 Å². The normalized spacial score (nSPS) is 17.0. The summed E-state index contributed by atoms with van der Waals surface area (Å²) >= 11 is 6.17. The number of rotatable bonds is 4. The van der Waals surface area contributed by atoms with Gasteiger partial charge in [-0.3, -0.25) is 9.89 Å². The van der Waals surface area contributed by atoms with E-state index in [2.05, 4.69) is 27.8 Å². The van der Waals surface area contributed by atoms with E-state index < -0.39 is 0 Å². The molecule has 1 fully saturated rings. The first-order valence-corrected chi connectivity index (χ1v) is 8.24. The summed E-state index contributed by atoms with van der Waals surface area (Å²) in [5.74, 6) is -0.129. The lowest BCUT2D eigenvalue weighted by Crippen LogP contribution is -2.42. The number of piperidine rings is 1. The second kappa shape index (κ2) is 6.72. The summed E-state index contributed by atoms with van der Waals surface area (Å²) in [4.78, 5) is 12.3. The minimum absolute atomic E-state index is 0.129. The van der Waals surface area contributed by atoms with Crippen molar-refractivity contribution < 1.29 is 4.79 Å². The highest BCUT2D eigenvalue weighted by atomic mass is 35.5. The minimum atomic E-state index is -0.129. The molecule has 23 heavy (non-hydrogen) atoms. The van der Waals surface area contributed by atoms with Crippen LogP contribution in [0.4, 0.5) is 0 Å². The fourth-order valence-corrected chi connectivity index (χ4v) is 3.07. The molecule has 0 atom stereocenters. The molecule has 3 rings (SSSR count). The number of amides is 1. The van der Waals surface area contributed by atoms with E-state index in [1.807, 2.05) is 24.3 Å². The zero-order chi connectivity index (χ0) is 16.3. The lowest BCUT2D eigenvalue weighted by Gasteiger charge is -2.34. The first-order valence-electron chi connectivity index (χ1n) is 7.87. The van der Waals surface area contributed by atoms with Crippen molar-refractivity contribution in [1.29, 1.82) is 0 Å². The van der Waals surface area contributed by atoms with Crippen molar-refractivity contribution in [2.75, 3.05) is 19.6 Å². The van der Waals surface area contributed by atoms with Crippen LogP contribution in [0.3, 0.4) is 0 Å². The Kier molecular flexibility index (Phi) is 4.68. The Morgan fingerprint density at radius 2 is 2.09 bits per heavy atom. The number of aromatic amines is 1. The second-order valence-corrected chi connectivity index (χ2v) is 6.80. The monoisotopic (exact) mass is 332 g/mol. The molecule has 0 radical (unpaired) electrons. The van der Waals surface area contributed by atoms with Crippen LogP contribution in [0.15, 0.2) is 30.3 Å². The molecule has 1 saturated heterocycles. The molecule has 1 aliphatic heterocycles. The molecule has 122 valence electrons. The highest BCUT2D eigenvalue weighted by Gasteiger charge is 2.27. The van der Waals surface area contributed by atoms with E-state index in [0.717, 1.165) is 31.5 Å². The van der Waals surface area contributed by atoms with Gasteiger partial charge in [-0.2, -0.15) is 5.10 Å². The van der Waals surface area contributed by atoms with Gasteiger partial charge in [0.1, 0.15) is 5.69 Å². The fourth-order valence-electron chi connectivity index (χ4n) is 2.84. The maximum atomic E-state index is 12.3. The predicted octanol–water partition coefficient (Wildman–Crippen LogP) is 2.85. The molecule has 2 aromatic rings. The van der Waals surface area contributed by atoms with Crippen LogP contribution in [0.25, 0.3) is 11.3 Å². The van der Waals surface area contributed by atoms with Crippen LogP contribution >= 0.6 is 11.6 Å². The number of hydrogen-bond donors (Lipinski definition) is 3. The van der Waals surface area contributed by atoms with Crippen LogP contribution in [0, 0.1) is 5.41 Å². The van der Waals surface area contributed by atoms with Gasteiger partial charge in [-0.1, -0.05) is 36.7 Å². The van der Waals surface area contributed by atoms with Gasteiger partial charge < -0.3 is 10.6 Å². The SMILES string of the molecule is CC1(CNC(=O)c2cc(-c3ccccc3Cl)n[nH]2)CCNCC1. The van der Waals surface area contributed by atoms with Crippen LogP contribution in [0.2, 0.25) is 5.02 Å². The quantitative estimate of drug-likeness (QED) is 0.806. The van der Waals surface area contributed by atoms with Crippen molar-refractivity contribution in [3.63, 3.8) is 0 Å². The van der Waals surface area contributed by atoms with Crippen molar-refractivity contribution in [3.05, 3.63) is 41.0 Å². The summed E-state index contributed by atoms with van der Waals surface area (Å²) in [7, 11) is 0. The molecule has 3 N–H and O–H groups in total. The molecule has 1 aromatic heterocycles. The van der Waals surface area contributed by atoms with Crippen molar-refractivity contribution in [1.82, 2.24) is 20.8 Å². The smallest absolute Gasteiger partial charge is 0.269 e. The summed E-state index contributed by atoms with van der Waals surface area (Å²) in [6, 6.07) is 9.19. The summed E-state index contributed by atoms with van der Waals surface area (Å²) in [6.07, 6.45) is 2.14. The van der Waals surface area contributed by atoms with Gasteiger partial charge in [-0.05, 0) is 43.5 Å². The zero-order valence-corrected chi connectivity index (χ0v) is 13.9. The van der Waals surface area contributed by atoms with E-state index in [-0.39, 0.29) is 11.3 Å². The Hall–Kier alpha value is -1.85. The molecular formula is C17H21ClN4O. The van der Waals surface area contributed by atoms with Gasteiger partial charge in [-0.25, -0.2) is 0 Å². The number of benzene rings is 1. The van der Waals surface area contributed by atoms with Crippen molar-refractivity contribution in [2.24, 2.45) is 5.41 Å². The van der Waals surface area contributed by atoms with E-state index in [1.165, 1.54) is 0 Å². The third kappa shape index (κ3) is 3.74. The van der Waals surface area contributed by atoms with Gasteiger partial charge in [0.2, 0.25) is 0 Å². The molecule has 0 spiro atoms.